The molecule has 3 heteroatoms. The summed E-state index contributed by atoms with van der Waals surface area (Å²) in [5.74, 6) is 0.729. The van der Waals surface area contributed by atoms with Crippen molar-refractivity contribution in [2.75, 3.05) is 0 Å². The van der Waals surface area contributed by atoms with Gasteiger partial charge in [0, 0.05) is 0 Å². The normalized spacial score (nSPS) is 19.0. The number of nitrogens with zero attached hydrogens (tertiary/aromatic N) is 3. The van der Waals surface area contributed by atoms with Crippen LogP contribution < -0.4 is 5.43 Å². The Labute approximate surface area is 70.5 Å². The molecular formula is C9H8N3. The molecule has 1 aromatic rings. The number of rotatable bonds is 1. The van der Waals surface area contributed by atoms with Crippen LogP contribution in [-0.4, -0.2) is 0 Å². The molecule has 12 heavy (non-hydrogen) atoms. The lowest BCUT2D eigenvalue weighted by Crippen LogP contribution is -1.82. The summed E-state index contributed by atoms with van der Waals surface area (Å²) in [6.45, 7) is 0. The van der Waals surface area contributed by atoms with E-state index in [2.05, 4.69) is 21.8 Å². The van der Waals surface area contributed by atoms with Gasteiger partial charge in [0.25, 0.3) is 0 Å². The topological polar surface area (TPSA) is 38.8 Å². The third kappa shape index (κ3) is 0.763. The van der Waals surface area contributed by atoms with Crippen LogP contribution >= 0.6 is 0 Å². The first-order valence-corrected chi connectivity index (χ1v) is 4.20. The zero-order chi connectivity index (χ0) is 7.97. The van der Waals surface area contributed by atoms with Crippen molar-refractivity contribution in [1.82, 2.24) is 5.43 Å². The highest BCUT2D eigenvalue weighted by Crippen LogP contribution is 2.47. The van der Waals surface area contributed by atoms with Gasteiger partial charge in [0.15, 0.2) is 0 Å². The minimum atomic E-state index is 0.729. The van der Waals surface area contributed by atoms with Gasteiger partial charge in [-0.2, -0.15) is 0 Å². The van der Waals surface area contributed by atoms with E-state index in [-0.39, 0.29) is 0 Å². The van der Waals surface area contributed by atoms with Gasteiger partial charge in [0.05, 0.1) is 0 Å². The SMILES string of the molecule is c1cc2c(c(C3CC3)c1)N=N[N]2. The van der Waals surface area contributed by atoms with Crippen LogP contribution in [-0.2, 0) is 0 Å². The first kappa shape index (κ1) is 6.17. The Kier molecular flexibility index (Phi) is 1.06. The molecule has 59 valence electrons. The van der Waals surface area contributed by atoms with Crippen LogP contribution in [0.2, 0.25) is 0 Å². The summed E-state index contributed by atoms with van der Waals surface area (Å²) in [7, 11) is 0. The van der Waals surface area contributed by atoms with Crippen molar-refractivity contribution in [2.45, 2.75) is 18.8 Å². The van der Waals surface area contributed by atoms with Gasteiger partial charge in [-0.15, -0.1) is 10.5 Å². The van der Waals surface area contributed by atoms with Gasteiger partial charge in [-0.25, -0.2) is 0 Å². The Morgan fingerprint density at radius 3 is 3.00 bits per heavy atom. The van der Waals surface area contributed by atoms with Crippen molar-refractivity contribution in [3.63, 3.8) is 0 Å². The van der Waals surface area contributed by atoms with E-state index in [0.29, 0.717) is 0 Å². The first-order valence-electron chi connectivity index (χ1n) is 4.20. The monoisotopic (exact) mass is 158 g/mol. The van der Waals surface area contributed by atoms with Gasteiger partial charge in [0.2, 0.25) is 0 Å². The van der Waals surface area contributed by atoms with Crippen molar-refractivity contribution in [3.8, 4) is 0 Å². The minimum absolute atomic E-state index is 0.729. The largest absolute Gasteiger partial charge is 0.128 e. The Morgan fingerprint density at radius 2 is 2.17 bits per heavy atom. The zero-order valence-corrected chi connectivity index (χ0v) is 6.57. The number of hydrogen-bond acceptors (Lipinski definition) is 2. The second kappa shape index (κ2) is 2.06. The molecule has 0 bridgehead atoms. The quantitative estimate of drug-likeness (QED) is 0.602. The molecule has 1 fully saturated rings. The van der Waals surface area contributed by atoms with Crippen LogP contribution in [0.25, 0.3) is 0 Å². The molecule has 0 unspecified atom stereocenters. The predicted octanol–water partition coefficient (Wildman–Crippen LogP) is 2.81. The fourth-order valence-corrected chi connectivity index (χ4v) is 1.58. The first-order chi connectivity index (χ1) is 5.95. The van der Waals surface area contributed by atoms with Gasteiger partial charge >= 0.3 is 0 Å². The minimum Gasteiger partial charge on any atom is -0.128 e. The maximum absolute atomic E-state index is 4.02. The van der Waals surface area contributed by atoms with Crippen LogP contribution in [0.1, 0.15) is 24.3 Å². The summed E-state index contributed by atoms with van der Waals surface area (Å²) in [5, 5.41) is 7.69. The molecule has 3 rings (SSSR count). The highest BCUT2D eigenvalue weighted by atomic mass is 15.5. The zero-order valence-electron chi connectivity index (χ0n) is 6.57. The summed E-state index contributed by atoms with van der Waals surface area (Å²) in [4.78, 5) is 0. The Morgan fingerprint density at radius 1 is 1.25 bits per heavy atom. The summed E-state index contributed by atoms with van der Waals surface area (Å²) in [5.41, 5.74) is 7.19. The molecule has 0 spiro atoms. The average molecular weight is 158 g/mol. The second-order valence-electron chi connectivity index (χ2n) is 3.28. The fourth-order valence-electron chi connectivity index (χ4n) is 1.58. The maximum Gasteiger partial charge on any atom is 0.119 e. The van der Waals surface area contributed by atoms with Crippen LogP contribution in [0.5, 0.6) is 0 Å². The van der Waals surface area contributed by atoms with E-state index in [1.807, 2.05) is 12.1 Å². The molecule has 0 aromatic heterocycles. The summed E-state index contributed by atoms with van der Waals surface area (Å²) in [6, 6.07) is 6.13. The van der Waals surface area contributed by atoms with Crippen LogP contribution in [0.3, 0.4) is 0 Å². The third-order valence-electron chi connectivity index (χ3n) is 2.36. The molecule has 1 aliphatic carbocycles. The Bertz CT molecular complexity index is 353. The molecule has 0 atom stereocenters. The lowest BCUT2D eigenvalue weighted by atomic mass is 10.1. The van der Waals surface area contributed by atoms with Crippen molar-refractivity contribution < 1.29 is 0 Å². The predicted molar refractivity (Wildman–Crippen MR) is 44.7 cm³/mol. The van der Waals surface area contributed by atoms with Crippen molar-refractivity contribution in [3.05, 3.63) is 23.8 Å². The molecule has 1 aromatic carbocycles. The van der Waals surface area contributed by atoms with E-state index >= 15 is 0 Å². The summed E-state index contributed by atoms with van der Waals surface area (Å²) >= 11 is 0. The maximum atomic E-state index is 4.02. The lowest BCUT2D eigenvalue weighted by Gasteiger charge is -2.00. The lowest BCUT2D eigenvalue weighted by molar-refractivity contribution is 0.922. The molecule has 2 aliphatic rings. The van der Waals surface area contributed by atoms with Gasteiger partial charge in [0.1, 0.15) is 11.4 Å². The standard InChI is InChI=1S/C9H8N3/c1-2-7(6-4-5-6)9-8(3-1)10-12-11-9/h1-3,6H,4-5H2. The summed E-state index contributed by atoms with van der Waals surface area (Å²) < 4.78 is 0. The Balaban J connectivity index is 2.18. The van der Waals surface area contributed by atoms with Gasteiger partial charge in [-0.05, 0) is 35.6 Å². The van der Waals surface area contributed by atoms with E-state index in [1.165, 1.54) is 18.4 Å². The second-order valence-corrected chi connectivity index (χ2v) is 3.28. The Hall–Kier alpha value is -1.38. The molecule has 0 N–H and O–H groups in total. The van der Waals surface area contributed by atoms with Crippen molar-refractivity contribution in [2.24, 2.45) is 10.3 Å². The van der Waals surface area contributed by atoms with Crippen molar-refractivity contribution in [1.29, 1.82) is 0 Å². The summed E-state index contributed by atoms with van der Waals surface area (Å²) in [6.07, 6.45) is 2.60. The molecular weight excluding hydrogens is 150 g/mol. The number of fused-ring (bicyclic) bond motifs is 1. The number of benzene rings is 1. The van der Waals surface area contributed by atoms with E-state index in [4.69, 9.17) is 0 Å². The highest BCUT2D eigenvalue weighted by molar-refractivity contribution is 5.67. The molecule has 0 amide bonds. The third-order valence-corrected chi connectivity index (χ3v) is 2.36. The molecule has 1 saturated carbocycles. The van der Waals surface area contributed by atoms with E-state index in [0.717, 1.165) is 17.3 Å². The van der Waals surface area contributed by atoms with Crippen LogP contribution in [0, 0.1) is 0 Å². The van der Waals surface area contributed by atoms with E-state index in [9.17, 15) is 0 Å². The van der Waals surface area contributed by atoms with E-state index < -0.39 is 0 Å². The smallest absolute Gasteiger partial charge is 0.119 e. The van der Waals surface area contributed by atoms with E-state index in [1.54, 1.807) is 0 Å². The highest BCUT2D eigenvalue weighted by Gasteiger charge is 2.28. The number of hydrogen-bond donors (Lipinski definition) is 0. The molecule has 0 saturated heterocycles. The van der Waals surface area contributed by atoms with Gasteiger partial charge < -0.3 is 0 Å². The molecule has 3 nitrogen and oxygen atoms in total. The molecule has 1 aliphatic heterocycles. The van der Waals surface area contributed by atoms with Crippen molar-refractivity contribution >= 4 is 11.4 Å². The van der Waals surface area contributed by atoms with Gasteiger partial charge in [-0.3, -0.25) is 0 Å². The van der Waals surface area contributed by atoms with Gasteiger partial charge in [-0.1, -0.05) is 12.1 Å². The molecule has 1 radical (unpaired) electrons. The van der Waals surface area contributed by atoms with Crippen LogP contribution in [0.4, 0.5) is 11.4 Å². The van der Waals surface area contributed by atoms with Crippen LogP contribution in [0.15, 0.2) is 28.5 Å². The average Bonchev–Trinajstić information content (AvgIpc) is 2.82. The molecule has 1 heterocycles. The fraction of sp³-hybridized carbons (Fsp3) is 0.333.